The van der Waals surface area contributed by atoms with Gasteiger partial charge in [0.2, 0.25) is 0 Å². The van der Waals surface area contributed by atoms with E-state index in [1.807, 2.05) is 6.92 Å². The minimum atomic E-state index is -0.475. The number of aliphatic hydroxyl groups is 1. The van der Waals surface area contributed by atoms with Crippen LogP contribution in [0.5, 0.6) is 0 Å². The molecule has 0 aliphatic carbocycles. The maximum absolute atomic E-state index is 12.8. The van der Waals surface area contributed by atoms with Crippen LogP contribution in [0.25, 0.3) is 0 Å². The maximum atomic E-state index is 12.8. The molecule has 0 aliphatic heterocycles. The van der Waals surface area contributed by atoms with E-state index in [1.165, 1.54) is 12.1 Å². The Morgan fingerprint density at radius 1 is 1.50 bits per heavy atom. The van der Waals surface area contributed by atoms with Crippen molar-refractivity contribution < 1.29 is 14.2 Å². The summed E-state index contributed by atoms with van der Waals surface area (Å²) in [5, 5.41) is 9.80. The summed E-state index contributed by atoms with van der Waals surface area (Å²) < 4.78 is 18.6. The average molecular weight is 291 g/mol. The highest BCUT2D eigenvalue weighted by atomic mass is 79.9. The molecule has 0 aromatic heterocycles. The van der Waals surface area contributed by atoms with Gasteiger partial charge in [-0.3, -0.25) is 0 Å². The van der Waals surface area contributed by atoms with E-state index in [2.05, 4.69) is 15.9 Å². The number of benzene rings is 1. The van der Waals surface area contributed by atoms with Crippen molar-refractivity contribution in [3.8, 4) is 0 Å². The van der Waals surface area contributed by atoms with Gasteiger partial charge in [-0.15, -0.1) is 0 Å². The fourth-order valence-corrected chi connectivity index (χ4v) is 2.02. The van der Waals surface area contributed by atoms with Crippen LogP contribution in [0, 0.1) is 5.82 Å². The predicted molar refractivity (Wildman–Crippen MR) is 64.9 cm³/mol. The van der Waals surface area contributed by atoms with Gasteiger partial charge in [-0.25, -0.2) is 4.39 Å². The van der Waals surface area contributed by atoms with E-state index in [1.54, 1.807) is 13.2 Å². The lowest BCUT2D eigenvalue weighted by Gasteiger charge is -2.15. The molecule has 1 aromatic rings. The molecule has 0 fully saturated rings. The lowest BCUT2D eigenvalue weighted by atomic mass is 10.0. The van der Waals surface area contributed by atoms with Gasteiger partial charge in [-0.2, -0.15) is 0 Å². The molecule has 0 spiro atoms. The fraction of sp³-hybridized carbons (Fsp3) is 0.500. The molecule has 2 atom stereocenters. The van der Waals surface area contributed by atoms with Crippen molar-refractivity contribution in [1.29, 1.82) is 0 Å². The first-order valence-electron chi connectivity index (χ1n) is 5.17. The monoisotopic (exact) mass is 290 g/mol. The second-order valence-corrected chi connectivity index (χ2v) is 4.73. The summed E-state index contributed by atoms with van der Waals surface area (Å²) in [6.07, 6.45) is 0.612. The molecular weight excluding hydrogens is 275 g/mol. The fourth-order valence-electron chi connectivity index (χ4n) is 1.50. The number of hydrogen-bond acceptors (Lipinski definition) is 2. The molecule has 0 saturated carbocycles. The van der Waals surface area contributed by atoms with Crippen molar-refractivity contribution in [2.45, 2.75) is 32.0 Å². The normalized spacial score (nSPS) is 14.8. The van der Waals surface area contributed by atoms with Gasteiger partial charge in [0.15, 0.2) is 0 Å². The predicted octanol–water partition coefficient (Wildman–Crippen LogP) is 2.92. The van der Waals surface area contributed by atoms with Gasteiger partial charge < -0.3 is 9.84 Å². The number of ether oxygens (including phenoxy) is 1. The standard InChI is InChI=1S/C12H16BrFO2/c1-8(16-2)5-11(15)6-9-3-4-10(14)7-12(9)13/h3-4,7-8,11,15H,5-6H2,1-2H3. The van der Waals surface area contributed by atoms with E-state index in [-0.39, 0.29) is 11.9 Å². The smallest absolute Gasteiger partial charge is 0.124 e. The number of aliphatic hydroxyl groups excluding tert-OH is 1. The summed E-state index contributed by atoms with van der Waals surface area (Å²) in [5.41, 5.74) is 0.900. The van der Waals surface area contributed by atoms with Crippen LogP contribution in [0.4, 0.5) is 4.39 Å². The van der Waals surface area contributed by atoms with Crippen LogP contribution < -0.4 is 0 Å². The molecule has 16 heavy (non-hydrogen) atoms. The van der Waals surface area contributed by atoms with Gasteiger partial charge in [0.05, 0.1) is 12.2 Å². The lowest BCUT2D eigenvalue weighted by Crippen LogP contribution is -2.19. The Kier molecular flexibility index (Phi) is 5.38. The molecular formula is C12H16BrFO2. The molecule has 0 bridgehead atoms. The van der Waals surface area contributed by atoms with Crippen LogP contribution in [0.15, 0.2) is 22.7 Å². The summed E-state index contributed by atoms with van der Waals surface area (Å²) in [6.45, 7) is 1.91. The van der Waals surface area contributed by atoms with Crippen molar-refractivity contribution in [1.82, 2.24) is 0 Å². The molecule has 0 radical (unpaired) electrons. The number of halogens is 2. The quantitative estimate of drug-likeness (QED) is 0.904. The molecule has 0 heterocycles. The molecule has 0 amide bonds. The Bertz CT molecular complexity index is 344. The maximum Gasteiger partial charge on any atom is 0.124 e. The third-order valence-corrected chi connectivity index (χ3v) is 3.22. The molecule has 0 aliphatic rings. The summed E-state index contributed by atoms with van der Waals surface area (Å²) in [7, 11) is 1.62. The van der Waals surface area contributed by atoms with E-state index in [0.29, 0.717) is 17.3 Å². The van der Waals surface area contributed by atoms with E-state index in [4.69, 9.17) is 4.74 Å². The van der Waals surface area contributed by atoms with Gasteiger partial charge in [0.1, 0.15) is 5.82 Å². The minimum Gasteiger partial charge on any atom is -0.393 e. The number of hydrogen-bond donors (Lipinski definition) is 1. The molecule has 1 N–H and O–H groups in total. The summed E-state index contributed by atoms with van der Waals surface area (Å²) in [6, 6.07) is 4.48. The van der Waals surface area contributed by atoms with Crippen LogP contribution in [-0.2, 0) is 11.2 Å². The van der Waals surface area contributed by atoms with E-state index in [9.17, 15) is 9.50 Å². The van der Waals surface area contributed by atoms with Gasteiger partial charge >= 0.3 is 0 Å². The molecule has 1 rings (SSSR count). The lowest BCUT2D eigenvalue weighted by molar-refractivity contribution is 0.0565. The van der Waals surface area contributed by atoms with Crippen LogP contribution in [0.3, 0.4) is 0 Å². The molecule has 4 heteroatoms. The Hall–Kier alpha value is -0.450. The van der Waals surface area contributed by atoms with Crippen molar-refractivity contribution >= 4 is 15.9 Å². The average Bonchev–Trinajstić information content (AvgIpc) is 2.22. The van der Waals surface area contributed by atoms with Crippen LogP contribution in [0.1, 0.15) is 18.9 Å². The number of rotatable bonds is 5. The second-order valence-electron chi connectivity index (χ2n) is 3.88. The largest absolute Gasteiger partial charge is 0.393 e. The second kappa shape index (κ2) is 6.33. The Morgan fingerprint density at radius 3 is 2.75 bits per heavy atom. The zero-order chi connectivity index (χ0) is 12.1. The van der Waals surface area contributed by atoms with Gasteiger partial charge in [-0.1, -0.05) is 22.0 Å². The van der Waals surface area contributed by atoms with Gasteiger partial charge in [0.25, 0.3) is 0 Å². The molecule has 2 unspecified atom stereocenters. The highest BCUT2D eigenvalue weighted by Crippen LogP contribution is 2.20. The van der Waals surface area contributed by atoms with Crippen LogP contribution in [0.2, 0.25) is 0 Å². The zero-order valence-corrected chi connectivity index (χ0v) is 11.0. The summed E-state index contributed by atoms with van der Waals surface area (Å²) >= 11 is 3.28. The molecule has 1 aromatic carbocycles. The highest BCUT2D eigenvalue weighted by Gasteiger charge is 2.12. The first-order valence-corrected chi connectivity index (χ1v) is 5.97. The summed E-state index contributed by atoms with van der Waals surface area (Å²) in [4.78, 5) is 0. The molecule has 90 valence electrons. The van der Waals surface area contributed by atoms with E-state index >= 15 is 0 Å². The third kappa shape index (κ3) is 4.20. The van der Waals surface area contributed by atoms with Crippen molar-refractivity contribution in [2.24, 2.45) is 0 Å². The molecule has 2 nitrogen and oxygen atoms in total. The van der Waals surface area contributed by atoms with Crippen molar-refractivity contribution in [2.75, 3.05) is 7.11 Å². The highest BCUT2D eigenvalue weighted by molar-refractivity contribution is 9.10. The first kappa shape index (κ1) is 13.6. The van der Waals surface area contributed by atoms with Gasteiger partial charge in [-0.05, 0) is 37.5 Å². The van der Waals surface area contributed by atoms with Gasteiger partial charge in [0, 0.05) is 11.6 Å². The third-order valence-electron chi connectivity index (χ3n) is 2.48. The van der Waals surface area contributed by atoms with Crippen LogP contribution >= 0.6 is 15.9 Å². The Balaban J connectivity index is 2.59. The van der Waals surface area contributed by atoms with E-state index < -0.39 is 6.10 Å². The van der Waals surface area contributed by atoms with Crippen molar-refractivity contribution in [3.63, 3.8) is 0 Å². The molecule has 0 saturated heterocycles. The zero-order valence-electron chi connectivity index (χ0n) is 9.41. The Morgan fingerprint density at radius 2 is 2.19 bits per heavy atom. The van der Waals surface area contributed by atoms with E-state index in [0.717, 1.165) is 5.56 Å². The topological polar surface area (TPSA) is 29.5 Å². The van der Waals surface area contributed by atoms with Crippen molar-refractivity contribution in [3.05, 3.63) is 34.1 Å². The Labute approximate surface area is 104 Å². The first-order chi connectivity index (χ1) is 7.52. The summed E-state index contributed by atoms with van der Waals surface area (Å²) in [5.74, 6) is -0.282. The SMILES string of the molecule is COC(C)CC(O)Cc1ccc(F)cc1Br. The van der Waals surface area contributed by atoms with Crippen LogP contribution in [-0.4, -0.2) is 24.4 Å². The minimum absolute atomic E-state index is 0.0224. The number of methoxy groups -OCH3 is 1.